The molecule has 26 heavy (non-hydrogen) atoms. The van der Waals surface area contributed by atoms with Crippen molar-refractivity contribution in [2.45, 2.75) is 64.5 Å². The van der Waals surface area contributed by atoms with Gasteiger partial charge >= 0.3 is 0 Å². The van der Waals surface area contributed by atoms with E-state index >= 15 is 0 Å². The van der Waals surface area contributed by atoms with Crippen LogP contribution in [0.5, 0.6) is 5.75 Å². The van der Waals surface area contributed by atoms with E-state index in [-0.39, 0.29) is 30.3 Å². The summed E-state index contributed by atoms with van der Waals surface area (Å²) in [6.07, 6.45) is 2.02. The summed E-state index contributed by atoms with van der Waals surface area (Å²) in [7, 11) is 1.65. The van der Waals surface area contributed by atoms with Crippen LogP contribution in [0.3, 0.4) is 0 Å². The molecule has 0 aromatic heterocycles. The third-order valence-corrected chi connectivity index (χ3v) is 4.28. The first-order chi connectivity index (χ1) is 12.3. The van der Waals surface area contributed by atoms with E-state index in [1.54, 1.807) is 7.11 Å². The molecule has 1 aromatic carbocycles. The van der Waals surface area contributed by atoms with Gasteiger partial charge in [-0.05, 0) is 51.3 Å². The fourth-order valence-corrected chi connectivity index (χ4v) is 3.12. The highest BCUT2D eigenvalue weighted by atomic mass is 16.5. The van der Waals surface area contributed by atoms with Gasteiger partial charge in [-0.15, -0.1) is 0 Å². The number of nitrogens with zero attached hydrogens (tertiary/aromatic N) is 1. The maximum absolute atomic E-state index is 11.6. The summed E-state index contributed by atoms with van der Waals surface area (Å²) in [5.41, 5.74) is 6.24. The van der Waals surface area contributed by atoms with Crippen molar-refractivity contribution in [3.8, 4) is 5.75 Å². The van der Waals surface area contributed by atoms with Gasteiger partial charge in [-0.25, -0.2) is 0 Å². The van der Waals surface area contributed by atoms with Gasteiger partial charge in [-0.3, -0.25) is 9.69 Å². The number of hydrogen-bond donors (Lipinski definition) is 1. The van der Waals surface area contributed by atoms with Crippen LogP contribution >= 0.6 is 0 Å². The number of ether oxygens (including phenoxy) is 3. The quantitative estimate of drug-likeness (QED) is 0.682. The fraction of sp³-hybridized carbons (Fsp3) is 0.650. The molecular weight excluding hydrogens is 332 g/mol. The topological polar surface area (TPSA) is 74.0 Å². The van der Waals surface area contributed by atoms with Gasteiger partial charge in [0, 0.05) is 19.7 Å². The number of carbonyl (C=O) groups is 1. The van der Waals surface area contributed by atoms with E-state index in [0.29, 0.717) is 13.1 Å². The van der Waals surface area contributed by atoms with Crippen molar-refractivity contribution in [2.75, 3.05) is 20.3 Å². The van der Waals surface area contributed by atoms with Crippen molar-refractivity contribution in [1.82, 2.24) is 4.90 Å². The zero-order valence-corrected chi connectivity index (χ0v) is 16.4. The summed E-state index contributed by atoms with van der Waals surface area (Å²) in [5.74, 6) is 0.449. The van der Waals surface area contributed by atoms with Crippen molar-refractivity contribution in [3.05, 3.63) is 29.8 Å². The van der Waals surface area contributed by atoms with Crippen LogP contribution in [0.2, 0.25) is 0 Å². The van der Waals surface area contributed by atoms with Gasteiger partial charge in [-0.2, -0.15) is 0 Å². The molecule has 2 unspecified atom stereocenters. The predicted molar refractivity (Wildman–Crippen MR) is 101 cm³/mol. The van der Waals surface area contributed by atoms with E-state index in [1.807, 2.05) is 45.0 Å². The molecule has 2 rings (SSSR count). The van der Waals surface area contributed by atoms with Gasteiger partial charge in [0.15, 0.2) is 0 Å². The number of carbonyl (C=O) groups excluding carboxylic acids is 1. The van der Waals surface area contributed by atoms with Gasteiger partial charge in [0.1, 0.15) is 12.0 Å². The Balaban J connectivity index is 2.18. The average Bonchev–Trinajstić information content (AvgIpc) is 3.05. The van der Waals surface area contributed by atoms with Gasteiger partial charge in [0.2, 0.25) is 5.91 Å². The summed E-state index contributed by atoms with van der Waals surface area (Å²) in [4.78, 5) is 13.8. The van der Waals surface area contributed by atoms with E-state index in [4.69, 9.17) is 19.9 Å². The van der Waals surface area contributed by atoms with Gasteiger partial charge in [0.05, 0.1) is 25.2 Å². The minimum atomic E-state index is -0.390. The van der Waals surface area contributed by atoms with Crippen molar-refractivity contribution >= 4 is 5.91 Å². The zero-order valence-electron chi connectivity index (χ0n) is 16.4. The Kier molecular flexibility index (Phi) is 7.43. The van der Waals surface area contributed by atoms with E-state index in [1.165, 1.54) is 0 Å². The normalized spacial score (nSPS) is 18.9. The predicted octanol–water partition coefficient (Wildman–Crippen LogP) is 2.69. The standard InChI is InChI=1S/C20H32N2O4/c1-20(2,3)26-19(12-18(21)23)22(14-17-6-5-11-25-17)13-15-7-9-16(24-4)10-8-15/h7-10,17,19H,5-6,11-14H2,1-4H3,(H2,21,23). The number of methoxy groups -OCH3 is 1. The maximum atomic E-state index is 11.6. The number of hydrogen-bond acceptors (Lipinski definition) is 5. The molecule has 1 fully saturated rings. The van der Waals surface area contributed by atoms with Gasteiger partial charge in [-0.1, -0.05) is 12.1 Å². The van der Waals surface area contributed by atoms with Crippen LogP contribution in [0.1, 0.15) is 45.6 Å². The number of rotatable bonds is 9. The third-order valence-electron chi connectivity index (χ3n) is 4.28. The Morgan fingerprint density at radius 1 is 1.35 bits per heavy atom. The Labute approximate surface area is 156 Å². The summed E-state index contributed by atoms with van der Waals surface area (Å²) < 4.78 is 17.2. The number of benzene rings is 1. The summed E-state index contributed by atoms with van der Waals surface area (Å²) in [6.45, 7) is 8.11. The van der Waals surface area contributed by atoms with E-state index in [9.17, 15) is 4.79 Å². The zero-order chi connectivity index (χ0) is 19.2. The van der Waals surface area contributed by atoms with Crippen LogP contribution < -0.4 is 10.5 Å². The maximum Gasteiger partial charge on any atom is 0.221 e. The summed E-state index contributed by atoms with van der Waals surface area (Å²) >= 11 is 0. The van der Waals surface area contributed by atoms with E-state index < -0.39 is 0 Å². The molecule has 0 aliphatic carbocycles. The molecule has 6 nitrogen and oxygen atoms in total. The molecule has 146 valence electrons. The molecule has 1 aliphatic heterocycles. The van der Waals surface area contributed by atoms with Crippen molar-refractivity contribution < 1.29 is 19.0 Å². The Hall–Kier alpha value is -1.63. The first-order valence-corrected chi connectivity index (χ1v) is 9.21. The van der Waals surface area contributed by atoms with Crippen LogP contribution in [0.15, 0.2) is 24.3 Å². The largest absolute Gasteiger partial charge is 0.497 e. The number of primary amides is 1. The number of nitrogens with two attached hydrogens (primary N) is 1. The lowest BCUT2D eigenvalue weighted by Gasteiger charge is -2.37. The second-order valence-corrected chi connectivity index (χ2v) is 7.77. The van der Waals surface area contributed by atoms with Crippen LogP contribution in [0.4, 0.5) is 0 Å². The van der Waals surface area contributed by atoms with Crippen LogP contribution in [-0.4, -0.2) is 49.0 Å². The van der Waals surface area contributed by atoms with Crippen molar-refractivity contribution in [2.24, 2.45) is 5.73 Å². The smallest absolute Gasteiger partial charge is 0.221 e. The van der Waals surface area contributed by atoms with Crippen molar-refractivity contribution in [3.63, 3.8) is 0 Å². The van der Waals surface area contributed by atoms with E-state index in [2.05, 4.69) is 4.90 Å². The third kappa shape index (κ3) is 6.94. The van der Waals surface area contributed by atoms with Crippen molar-refractivity contribution in [1.29, 1.82) is 0 Å². The fourth-order valence-electron chi connectivity index (χ4n) is 3.12. The summed E-state index contributed by atoms with van der Waals surface area (Å²) in [6, 6.07) is 7.93. The SMILES string of the molecule is COc1ccc(CN(CC2CCCO2)C(CC(N)=O)OC(C)(C)C)cc1. The Morgan fingerprint density at radius 2 is 2.04 bits per heavy atom. The Bertz CT molecular complexity index is 562. The van der Waals surface area contributed by atoms with E-state index in [0.717, 1.165) is 30.8 Å². The molecule has 0 radical (unpaired) electrons. The molecule has 1 aromatic rings. The first kappa shape index (κ1) is 20.7. The molecule has 1 aliphatic rings. The molecule has 6 heteroatoms. The second kappa shape index (κ2) is 9.35. The molecule has 0 saturated carbocycles. The highest BCUT2D eigenvalue weighted by Gasteiger charge is 2.29. The molecule has 0 bridgehead atoms. The molecule has 1 saturated heterocycles. The first-order valence-electron chi connectivity index (χ1n) is 9.21. The molecule has 2 N–H and O–H groups in total. The molecule has 1 amide bonds. The minimum Gasteiger partial charge on any atom is -0.497 e. The number of amides is 1. The molecule has 2 atom stereocenters. The Morgan fingerprint density at radius 3 is 2.54 bits per heavy atom. The van der Waals surface area contributed by atoms with Gasteiger partial charge < -0.3 is 19.9 Å². The highest BCUT2D eigenvalue weighted by molar-refractivity contribution is 5.74. The molecule has 0 spiro atoms. The molecule has 1 heterocycles. The van der Waals surface area contributed by atoms with Crippen LogP contribution in [-0.2, 0) is 20.8 Å². The second-order valence-electron chi connectivity index (χ2n) is 7.77. The lowest BCUT2D eigenvalue weighted by molar-refractivity contribution is -0.154. The van der Waals surface area contributed by atoms with Crippen LogP contribution in [0.25, 0.3) is 0 Å². The van der Waals surface area contributed by atoms with Crippen LogP contribution in [0, 0.1) is 0 Å². The lowest BCUT2D eigenvalue weighted by atomic mass is 10.1. The lowest BCUT2D eigenvalue weighted by Crippen LogP contribution is -2.46. The summed E-state index contributed by atoms with van der Waals surface area (Å²) in [5, 5.41) is 0. The monoisotopic (exact) mass is 364 g/mol. The minimum absolute atomic E-state index is 0.153. The van der Waals surface area contributed by atoms with Gasteiger partial charge in [0.25, 0.3) is 0 Å². The highest BCUT2D eigenvalue weighted by Crippen LogP contribution is 2.23. The molecular formula is C20H32N2O4. The average molecular weight is 364 g/mol.